The Morgan fingerprint density at radius 2 is 1.15 bits per heavy atom. The molecule has 0 unspecified atom stereocenters. The van der Waals surface area contributed by atoms with Crippen molar-refractivity contribution in [3.05, 3.63) is 181 Å². The van der Waals surface area contributed by atoms with Crippen LogP contribution in [0.5, 0.6) is 0 Å². The maximum Gasteiger partial charge on any atom is 0.164 e. The van der Waals surface area contributed by atoms with Crippen LogP contribution in [0.25, 0.3) is 115 Å². The molecule has 0 radical (unpaired) electrons. The van der Waals surface area contributed by atoms with Crippen LogP contribution in [0.15, 0.2) is 174 Å². The Hall–Kier alpha value is -7.41. The Kier molecular flexibility index (Phi) is 6.88. The highest BCUT2D eigenvalue weighted by molar-refractivity contribution is 7.26. The number of rotatable bonds is 4. The summed E-state index contributed by atoms with van der Waals surface area (Å²) in [5.41, 5.74) is 13.1. The second kappa shape index (κ2) is 12.3. The van der Waals surface area contributed by atoms with Crippen molar-refractivity contribution in [1.82, 2.24) is 19.5 Å². The fraction of sp³-hybridized carbons (Fsp3) is 0.0556. The summed E-state index contributed by atoms with van der Waals surface area (Å²) in [6.45, 7) is 4.72. The van der Waals surface area contributed by atoms with Gasteiger partial charge in [0.2, 0.25) is 0 Å². The molecule has 0 fully saturated rings. The van der Waals surface area contributed by atoms with Crippen LogP contribution in [-0.2, 0) is 5.41 Å². The summed E-state index contributed by atoms with van der Waals surface area (Å²) >= 11 is 1.87. The van der Waals surface area contributed by atoms with Gasteiger partial charge >= 0.3 is 0 Å². The van der Waals surface area contributed by atoms with Gasteiger partial charge in [-0.05, 0) is 76.9 Å². The van der Waals surface area contributed by atoms with Crippen LogP contribution in [0.3, 0.4) is 0 Å². The van der Waals surface area contributed by atoms with Gasteiger partial charge in [-0.25, -0.2) is 15.0 Å². The Balaban J connectivity index is 1.06. The molecular formula is C54H34N4OS. The second-order valence-corrected chi connectivity index (χ2v) is 17.4. The molecule has 0 spiro atoms. The molecule has 282 valence electrons. The summed E-state index contributed by atoms with van der Waals surface area (Å²) in [5, 5.41) is 7.16. The van der Waals surface area contributed by atoms with E-state index in [2.05, 4.69) is 140 Å². The largest absolute Gasteiger partial charge is 0.456 e. The summed E-state index contributed by atoms with van der Waals surface area (Å²) in [7, 11) is 0. The molecule has 0 atom stereocenters. The van der Waals surface area contributed by atoms with Crippen LogP contribution in [0.2, 0.25) is 0 Å². The molecular weight excluding hydrogens is 753 g/mol. The Labute approximate surface area is 348 Å². The topological polar surface area (TPSA) is 56.7 Å². The van der Waals surface area contributed by atoms with Crippen LogP contribution in [-0.4, -0.2) is 19.5 Å². The lowest BCUT2D eigenvalue weighted by molar-refractivity contribution is 0.661. The number of aromatic nitrogens is 4. The van der Waals surface area contributed by atoms with Gasteiger partial charge in [0.25, 0.3) is 0 Å². The van der Waals surface area contributed by atoms with Gasteiger partial charge < -0.3 is 8.98 Å². The van der Waals surface area contributed by atoms with Gasteiger partial charge in [-0.1, -0.05) is 129 Å². The first-order valence-corrected chi connectivity index (χ1v) is 21.2. The molecule has 60 heavy (non-hydrogen) atoms. The van der Waals surface area contributed by atoms with E-state index in [1.807, 2.05) is 59.9 Å². The zero-order valence-corrected chi connectivity index (χ0v) is 33.6. The Bertz CT molecular complexity index is 3760. The number of furan rings is 1. The molecule has 6 heteroatoms. The molecule has 8 aromatic carbocycles. The summed E-state index contributed by atoms with van der Waals surface area (Å²) in [6, 6.07) is 60.5. The molecule has 1 aliphatic carbocycles. The SMILES string of the molecule is CC1(C)c2ccccc2-c2cc3c4ccc5c6ccccc6sc5c4n(-c4cccc(-c5nc(-c6ccccc6)nc(-c6ccc7oc8ccccc8c7c6)n5)c4)c3cc21. The number of thiophene rings is 1. The van der Waals surface area contributed by atoms with Gasteiger partial charge in [0.05, 0.1) is 15.7 Å². The average Bonchev–Trinajstić information content (AvgIpc) is 4.02. The summed E-state index contributed by atoms with van der Waals surface area (Å²) in [6.07, 6.45) is 0. The van der Waals surface area contributed by atoms with Crippen molar-refractivity contribution in [3.63, 3.8) is 0 Å². The zero-order valence-electron chi connectivity index (χ0n) is 32.8. The van der Waals surface area contributed by atoms with Crippen molar-refractivity contribution in [2.45, 2.75) is 19.3 Å². The molecule has 12 aromatic rings. The maximum atomic E-state index is 6.18. The van der Waals surface area contributed by atoms with Crippen LogP contribution in [0.1, 0.15) is 25.0 Å². The summed E-state index contributed by atoms with van der Waals surface area (Å²) in [5.74, 6) is 1.85. The van der Waals surface area contributed by atoms with E-state index in [9.17, 15) is 0 Å². The predicted molar refractivity (Wildman–Crippen MR) is 248 cm³/mol. The van der Waals surface area contributed by atoms with E-state index in [1.165, 1.54) is 64.2 Å². The Morgan fingerprint density at radius 3 is 2.02 bits per heavy atom. The van der Waals surface area contributed by atoms with Crippen molar-refractivity contribution in [2.24, 2.45) is 0 Å². The van der Waals surface area contributed by atoms with Gasteiger partial charge in [0.15, 0.2) is 17.5 Å². The van der Waals surface area contributed by atoms with Crippen molar-refractivity contribution < 1.29 is 4.42 Å². The van der Waals surface area contributed by atoms with E-state index < -0.39 is 0 Å². The maximum absolute atomic E-state index is 6.18. The fourth-order valence-electron chi connectivity index (χ4n) is 9.74. The van der Waals surface area contributed by atoms with Crippen molar-refractivity contribution >= 4 is 75.3 Å². The lowest BCUT2D eigenvalue weighted by atomic mass is 9.82. The van der Waals surface area contributed by atoms with Gasteiger partial charge in [-0.15, -0.1) is 11.3 Å². The minimum Gasteiger partial charge on any atom is -0.456 e. The Morgan fingerprint density at radius 1 is 0.467 bits per heavy atom. The minimum atomic E-state index is -0.142. The molecule has 0 saturated heterocycles. The molecule has 0 amide bonds. The van der Waals surface area contributed by atoms with Gasteiger partial charge in [0, 0.05) is 64.8 Å². The van der Waals surface area contributed by atoms with E-state index in [0.717, 1.165) is 44.3 Å². The van der Waals surface area contributed by atoms with E-state index in [1.54, 1.807) is 0 Å². The predicted octanol–water partition coefficient (Wildman–Crippen LogP) is 14.5. The molecule has 0 bridgehead atoms. The molecule has 13 rings (SSSR count). The number of fused-ring (bicyclic) bond motifs is 13. The fourth-order valence-corrected chi connectivity index (χ4v) is 11.0. The molecule has 1 aliphatic rings. The van der Waals surface area contributed by atoms with Crippen molar-refractivity contribution in [3.8, 4) is 51.0 Å². The first-order chi connectivity index (χ1) is 29.5. The quantitative estimate of drug-likeness (QED) is 0.178. The van der Waals surface area contributed by atoms with Crippen LogP contribution >= 0.6 is 11.3 Å². The average molecular weight is 787 g/mol. The van der Waals surface area contributed by atoms with Gasteiger partial charge in [0.1, 0.15) is 11.2 Å². The van der Waals surface area contributed by atoms with Crippen LogP contribution in [0, 0.1) is 0 Å². The van der Waals surface area contributed by atoms with Crippen LogP contribution < -0.4 is 0 Å². The number of nitrogens with zero attached hydrogens (tertiary/aromatic N) is 4. The number of para-hydroxylation sites is 1. The highest BCUT2D eigenvalue weighted by Gasteiger charge is 2.36. The van der Waals surface area contributed by atoms with E-state index in [0.29, 0.717) is 17.5 Å². The normalized spacial score (nSPS) is 13.3. The number of benzene rings is 8. The van der Waals surface area contributed by atoms with Crippen molar-refractivity contribution in [1.29, 1.82) is 0 Å². The monoisotopic (exact) mass is 786 g/mol. The summed E-state index contributed by atoms with van der Waals surface area (Å²) in [4.78, 5) is 15.5. The molecule has 0 saturated carbocycles. The zero-order chi connectivity index (χ0) is 39.7. The third-order valence-corrected chi connectivity index (χ3v) is 13.8. The second-order valence-electron chi connectivity index (χ2n) is 16.4. The van der Waals surface area contributed by atoms with Crippen LogP contribution in [0.4, 0.5) is 0 Å². The van der Waals surface area contributed by atoms with E-state index in [4.69, 9.17) is 19.4 Å². The lowest BCUT2D eigenvalue weighted by Gasteiger charge is -2.21. The van der Waals surface area contributed by atoms with E-state index >= 15 is 0 Å². The van der Waals surface area contributed by atoms with Crippen molar-refractivity contribution in [2.75, 3.05) is 0 Å². The highest BCUT2D eigenvalue weighted by atomic mass is 32.1. The number of hydrogen-bond donors (Lipinski definition) is 0. The lowest BCUT2D eigenvalue weighted by Crippen LogP contribution is -2.14. The first-order valence-electron chi connectivity index (χ1n) is 20.3. The molecule has 0 N–H and O–H groups in total. The smallest absolute Gasteiger partial charge is 0.164 e. The van der Waals surface area contributed by atoms with E-state index in [-0.39, 0.29) is 5.41 Å². The molecule has 4 aromatic heterocycles. The molecule has 5 nitrogen and oxygen atoms in total. The summed E-state index contributed by atoms with van der Waals surface area (Å²) < 4.78 is 11.2. The minimum absolute atomic E-state index is 0.142. The third-order valence-electron chi connectivity index (χ3n) is 12.6. The van der Waals surface area contributed by atoms with Gasteiger partial charge in [-0.3, -0.25) is 0 Å². The van der Waals surface area contributed by atoms with Gasteiger partial charge in [-0.2, -0.15) is 0 Å². The first kappa shape index (κ1) is 33.6. The molecule has 0 aliphatic heterocycles. The highest BCUT2D eigenvalue weighted by Crippen LogP contribution is 2.52. The third kappa shape index (κ3) is 4.76. The molecule has 4 heterocycles. The number of hydrogen-bond acceptors (Lipinski definition) is 5. The standard InChI is InChI=1S/C54H34N4OS/c1-54(2)43-20-9-6-17-35(43)40-29-41-38-24-25-39-37-19-8-11-22-48(37)60-50(39)49(38)58(45(41)30-44(40)54)34-16-12-15-32(27-34)52-55-51(31-13-4-3-5-14-31)56-53(57-52)33-23-26-47-42(28-33)36-18-7-10-21-46(36)59-47/h3-30H,1-2H3.